The van der Waals surface area contributed by atoms with Crippen molar-refractivity contribution in [1.82, 2.24) is 20.0 Å². The molecule has 0 atom stereocenters. The first kappa shape index (κ1) is 14.9. The molecule has 0 saturated heterocycles. The normalized spacial score (nSPS) is 12.2. The lowest BCUT2D eigenvalue weighted by Crippen LogP contribution is -2.02. The number of hydrogen-bond donors (Lipinski definition) is 2. The fourth-order valence-corrected chi connectivity index (χ4v) is 2.43. The molecule has 0 fully saturated rings. The number of carbonyl (C=O) groups is 1. The van der Waals surface area contributed by atoms with Gasteiger partial charge in [0.15, 0.2) is 17.2 Å². The topological polar surface area (TPSA) is 111 Å². The molecule has 3 heterocycles. The third kappa shape index (κ3) is 2.82. The molecule has 126 valence electrons. The minimum atomic E-state index is -1.13. The molecule has 1 aliphatic rings. The van der Waals surface area contributed by atoms with Crippen LogP contribution in [-0.4, -0.2) is 37.8 Å². The number of aryl methyl sites for hydroxylation is 1. The molecule has 9 heteroatoms. The fraction of sp³-hybridized carbons (Fsp3) is 0.125. The lowest BCUT2D eigenvalue weighted by atomic mass is 10.2. The zero-order valence-electron chi connectivity index (χ0n) is 13.1. The third-order valence-electron chi connectivity index (χ3n) is 3.68. The number of carboxylic acids is 1. The van der Waals surface area contributed by atoms with Crippen LogP contribution in [0.1, 0.15) is 16.1 Å². The zero-order chi connectivity index (χ0) is 17.4. The van der Waals surface area contributed by atoms with Crippen LogP contribution in [-0.2, 0) is 0 Å². The van der Waals surface area contributed by atoms with Crippen molar-refractivity contribution in [3.8, 4) is 17.2 Å². The molecule has 0 aliphatic carbocycles. The minimum absolute atomic E-state index is 0.124. The van der Waals surface area contributed by atoms with Crippen LogP contribution in [0.4, 0.5) is 11.5 Å². The Hall–Kier alpha value is -3.62. The molecule has 0 unspecified atom stereocenters. The average Bonchev–Trinajstić information content (AvgIpc) is 3.25. The van der Waals surface area contributed by atoms with Gasteiger partial charge in [-0.2, -0.15) is 0 Å². The Bertz CT molecular complexity index is 969. The van der Waals surface area contributed by atoms with Crippen LogP contribution in [0.3, 0.4) is 0 Å². The van der Waals surface area contributed by atoms with Crippen LogP contribution >= 0.6 is 0 Å². The third-order valence-corrected chi connectivity index (χ3v) is 3.68. The first-order valence-corrected chi connectivity index (χ1v) is 7.39. The summed E-state index contributed by atoms with van der Waals surface area (Å²) in [5.41, 5.74) is 2.18. The number of nitrogens with one attached hydrogen (secondary N) is 1. The number of hydrogen-bond acceptors (Lipinski definition) is 7. The Morgan fingerprint density at radius 2 is 2.12 bits per heavy atom. The van der Waals surface area contributed by atoms with Gasteiger partial charge in [0.1, 0.15) is 5.82 Å². The second-order valence-electron chi connectivity index (χ2n) is 5.40. The van der Waals surface area contributed by atoms with Gasteiger partial charge < -0.3 is 19.9 Å². The molecule has 0 bridgehead atoms. The van der Waals surface area contributed by atoms with E-state index in [0.717, 1.165) is 11.3 Å². The number of ether oxygens (including phenoxy) is 2. The highest BCUT2D eigenvalue weighted by Gasteiger charge is 2.14. The number of benzene rings is 1. The first-order chi connectivity index (χ1) is 12.1. The van der Waals surface area contributed by atoms with Gasteiger partial charge in [-0.15, -0.1) is 5.10 Å². The van der Waals surface area contributed by atoms with E-state index in [2.05, 4.69) is 20.6 Å². The molecule has 9 nitrogen and oxygen atoms in total. The Kier molecular flexibility index (Phi) is 3.46. The van der Waals surface area contributed by atoms with Crippen molar-refractivity contribution in [2.24, 2.45) is 0 Å². The van der Waals surface area contributed by atoms with Crippen LogP contribution < -0.4 is 14.8 Å². The first-order valence-electron chi connectivity index (χ1n) is 7.39. The number of anilines is 2. The van der Waals surface area contributed by atoms with Crippen molar-refractivity contribution in [3.05, 3.63) is 47.9 Å². The van der Waals surface area contributed by atoms with Crippen LogP contribution in [0, 0.1) is 6.92 Å². The second kappa shape index (κ2) is 5.78. The number of aromatic nitrogens is 4. The molecule has 0 spiro atoms. The van der Waals surface area contributed by atoms with Gasteiger partial charge in [0.05, 0.1) is 11.9 Å². The van der Waals surface area contributed by atoms with Crippen LogP contribution in [0.15, 0.2) is 36.7 Å². The monoisotopic (exact) mass is 339 g/mol. The van der Waals surface area contributed by atoms with Crippen molar-refractivity contribution in [2.45, 2.75) is 6.92 Å². The van der Waals surface area contributed by atoms with Crippen molar-refractivity contribution < 1.29 is 19.4 Å². The van der Waals surface area contributed by atoms with E-state index in [1.165, 1.54) is 10.9 Å². The standard InChI is InChI=1S/C16H13N5O4/c1-9-6-17-15(5-12(9)21-7-11(16(22)23)19-20-21)18-10-2-3-13-14(4-10)25-8-24-13/h2-7H,8H2,1H3,(H,17,18)(H,22,23). The fourth-order valence-electron chi connectivity index (χ4n) is 2.43. The largest absolute Gasteiger partial charge is 0.476 e. The molecule has 4 rings (SSSR count). The maximum absolute atomic E-state index is 11.0. The quantitative estimate of drug-likeness (QED) is 0.743. The highest BCUT2D eigenvalue weighted by molar-refractivity contribution is 5.84. The predicted octanol–water partition coefficient (Wildman–Crippen LogP) is 2.14. The zero-order valence-corrected chi connectivity index (χ0v) is 13.1. The Morgan fingerprint density at radius 3 is 2.92 bits per heavy atom. The average molecular weight is 339 g/mol. The molecule has 3 aromatic rings. The summed E-state index contributed by atoms with van der Waals surface area (Å²) in [6.45, 7) is 2.07. The Balaban J connectivity index is 1.64. The smallest absolute Gasteiger partial charge is 0.358 e. The number of aromatic carboxylic acids is 1. The summed E-state index contributed by atoms with van der Waals surface area (Å²) in [6.07, 6.45) is 3.03. The Morgan fingerprint density at radius 1 is 1.28 bits per heavy atom. The SMILES string of the molecule is Cc1cnc(Nc2ccc3c(c2)OCO3)cc1-n1cc(C(=O)O)nn1. The summed E-state index contributed by atoms with van der Waals surface area (Å²) < 4.78 is 12.0. The molecule has 2 N–H and O–H groups in total. The summed E-state index contributed by atoms with van der Waals surface area (Å²) in [4.78, 5) is 15.3. The maximum Gasteiger partial charge on any atom is 0.358 e. The van der Waals surface area contributed by atoms with Gasteiger partial charge in [-0.25, -0.2) is 14.5 Å². The number of pyridine rings is 1. The van der Waals surface area contributed by atoms with E-state index in [1.54, 1.807) is 12.3 Å². The summed E-state index contributed by atoms with van der Waals surface area (Å²) in [7, 11) is 0. The van der Waals surface area contributed by atoms with Crippen LogP contribution in [0.2, 0.25) is 0 Å². The lowest BCUT2D eigenvalue weighted by molar-refractivity contribution is 0.0690. The number of nitrogens with zero attached hydrogens (tertiary/aromatic N) is 4. The highest BCUT2D eigenvalue weighted by Crippen LogP contribution is 2.35. The van der Waals surface area contributed by atoms with Crippen LogP contribution in [0.5, 0.6) is 11.5 Å². The van der Waals surface area contributed by atoms with E-state index < -0.39 is 5.97 Å². The van der Waals surface area contributed by atoms with Gasteiger partial charge in [-0.3, -0.25) is 0 Å². The van der Waals surface area contributed by atoms with Crippen molar-refractivity contribution in [2.75, 3.05) is 12.1 Å². The Labute approximate surface area is 141 Å². The minimum Gasteiger partial charge on any atom is -0.476 e. The predicted molar refractivity (Wildman–Crippen MR) is 86.7 cm³/mol. The number of fused-ring (bicyclic) bond motifs is 1. The molecular weight excluding hydrogens is 326 g/mol. The summed E-state index contributed by atoms with van der Waals surface area (Å²) >= 11 is 0. The van der Waals surface area contributed by atoms with Gasteiger partial charge in [-0.1, -0.05) is 5.21 Å². The molecule has 2 aromatic heterocycles. The van der Waals surface area contributed by atoms with Gasteiger partial charge in [0, 0.05) is 24.0 Å². The molecule has 0 saturated carbocycles. The van der Waals surface area contributed by atoms with Crippen molar-refractivity contribution in [3.63, 3.8) is 0 Å². The second-order valence-corrected chi connectivity index (χ2v) is 5.40. The van der Waals surface area contributed by atoms with Crippen LogP contribution in [0.25, 0.3) is 5.69 Å². The maximum atomic E-state index is 11.0. The van der Waals surface area contributed by atoms with Crippen molar-refractivity contribution in [1.29, 1.82) is 0 Å². The molecule has 25 heavy (non-hydrogen) atoms. The summed E-state index contributed by atoms with van der Waals surface area (Å²) in [5, 5.41) is 19.6. The van der Waals surface area contributed by atoms with Gasteiger partial charge >= 0.3 is 5.97 Å². The van der Waals surface area contributed by atoms with E-state index in [1.807, 2.05) is 25.1 Å². The van der Waals surface area contributed by atoms with Gasteiger partial charge in [-0.05, 0) is 24.6 Å². The van der Waals surface area contributed by atoms with E-state index in [-0.39, 0.29) is 12.5 Å². The van der Waals surface area contributed by atoms with E-state index in [9.17, 15) is 4.79 Å². The summed E-state index contributed by atoms with van der Waals surface area (Å²) in [5.74, 6) is 0.815. The van der Waals surface area contributed by atoms with E-state index in [0.29, 0.717) is 23.0 Å². The molecule has 1 aromatic carbocycles. The van der Waals surface area contributed by atoms with Crippen molar-refractivity contribution >= 4 is 17.5 Å². The number of carboxylic acid groups (broad SMARTS) is 1. The summed E-state index contributed by atoms with van der Waals surface area (Å²) in [6, 6.07) is 7.25. The highest BCUT2D eigenvalue weighted by atomic mass is 16.7. The van der Waals surface area contributed by atoms with E-state index >= 15 is 0 Å². The molecular formula is C16H13N5O4. The molecule has 0 radical (unpaired) electrons. The van der Waals surface area contributed by atoms with E-state index in [4.69, 9.17) is 14.6 Å². The molecule has 0 amide bonds. The molecule has 1 aliphatic heterocycles. The van der Waals surface area contributed by atoms with Gasteiger partial charge in [0.2, 0.25) is 6.79 Å². The van der Waals surface area contributed by atoms with Gasteiger partial charge in [0.25, 0.3) is 0 Å². The number of rotatable bonds is 4. The lowest BCUT2D eigenvalue weighted by Gasteiger charge is -2.10.